The number of aromatic amines is 1. The molecule has 0 aromatic carbocycles. The second-order valence-electron chi connectivity index (χ2n) is 6.56. The van der Waals surface area contributed by atoms with Crippen molar-refractivity contribution in [3.8, 4) is 23.0 Å². The van der Waals surface area contributed by atoms with E-state index in [1.807, 2.05) is 6.07 Å². The van der Waals surface area contributed by atoms with Crippen molar-refractivity contribution < 1.29 is 20.3 Å². The third-order valence-electron chi connectivity index (χ3n) is 4.43. The van der Waals surface area contributed by atoms with Gasteiger partial charge in [0.2, 0.25) is 0 Å². The third-order valence-corrected chi connectivity index (χ3v) is 5.57. The van der Waals surface area contributed by atoms with E-state index in [4.69, 9.17) is 11.2 Å². The number of terminal acetylenes is 1. The van der Waals surface area contributed by atoms with E-state index in [1.165, 1.54) is 24.2 Å². The van der Waals surface area contributed by atoms with Gasteiger partial charge >= 0.3 is 5.97 Å². The number of hydrogen-bond acceptors (Lipinski definition) is 8. The van der Waals surface area contributed by atoms with Crippen LogP contribution < -0.4 is 5.32 Å². The normalized spacial score (nSPS) is 14.2. The minimum Gasteiger partial charge on any atom is -0.464 e. The quantitative estimate of drug-likeness (QED) is 0.391. The first kappa shape index (κ1) is 19.1. The lowest BCUT2D eigenvalue weighted by Gasteiger charge is -2.07. The van der Waals surface area contributed by atoms with Gasteiger partial charge in [-0.15, -0.1) is 17.8 Å². The summed E-state index contributed by atoms with van der Waals surface area (Å²) in [5.74, 6) is 3.97. The van der Waals surface area contributed by atoms with Crippen LogP contribution in [0.2, 0.25) is 0 Å². The predicted octanol–water partition coefficient (Wildman–Crippen LogP) is 4.11. The van der Waals surface area contributed by atoms with Crippen LogP contribution in [0, 0.1) is 12.3 Å². The molecule has 4 rings (SSSR count). The van der Waals surface area contributed by atoms with Crippen LogP contribution in [0.4, 0.5) is 11.6 Å². The maximum absolute atomic E-state index is 11.7. The number of esters is 1. The van der Waals surface area contributed by atoms with Gasteiger partial charge in [-0.1, -0.05) is 5.92 Å². The van der Waals surface area contributed by atoms with E-state index in [2.05, 4.69) is 31.4 Å². The van der Waals surface area contributed by atoms with Gasteiger partial charge in [0.15, 0.2) is 23.6 Å². The van der Waals surface area contributed by atoms with E-state index in [9.17, 15) is 9.90 Å². The molecule has 156 valence electrons. The Bertz CT molecular complexity index is 1100. The van der Waals surface area contributed by atoms with Gasteiger partial charge in [0.1, 0.15) is 0 Å². The first-order valence-electron chi connectivity index (χ1n) is 9.19. The number of rotatable bonds is 7. The molecular formula is C20H27N5O3S. The summed E-state index contributed by atoms with van der Waals surface area (Å²) in [6, 6.07) is 5.36. The Balaban J connectivity index is 0.00000256. The Morgan fingerprint density at radius 3 is 3.10 bits per heavy atom. The number of aliphatic hydroxyl groups excluding tert-OH is 1. The van der Waals surface area contributed by atoms with E-state index in [0.717, 1.165) is 5.69 Å². The second kappa shape index (κ2) is 8.03. The van der Waals surface area contributed by atoms with Crippen LogP contribution in [-0.4, -0.2) is 37.8 Å². The topological polar surface area (TPSA) is 113 Å². The largest absolute Gasteiger partial charge is 0.464 e. The average molecular weight is 418 g/mol. The smallest absolute Gasteiger partial charge is 0.340 e. The molecule has 1 aliphatic rings. The van der Waals surface area contributed by atoms with Crippen LogP contribution >= 0.6 is 11.3 Å². The van der Waals surface area contributed by atoms with Crippen molar-refractivity contribution in [1.82, 2.24) is 20.2 Å². The number of nitrogens with one attached hydrogen (secondary N) is 2. The molecule has 0 bridgehead atoms. The van der Waals surface area contributed by atoms with Crippen LogP contribution in [0.3, 0.4) is 0 Å². The number of thiophene rings is 1. The minimum absolute atomic E-state index is 0. The van der Waals surface area contributed by atoms with Crippen LogP contribution in [0.25, 0.3) is 10.7 Å². The van der Waals surface area contributed by atoms with Crippen molar-refractivity contribution in [2.45, 2.75) is 31.8 Å². The van der Waals surface area contributed by atoms with Gasteiger partial charge in [0.25, 0.3) is 0 Å². The molecule has 1 atom stereocenters. The van der Waals surface area contributed by atoms with E-state index in [1.54, 1.807) is 25.3 Å². The van der Waals surface area contributed by atoms with Gasteiger partial charge in [-0.2, -0.15) is 5.10 Å². The van der Waals surface area contributed by atoms with Crippen LogP contribution in [0.1, 0.15) is 53.6 Å². The summed E-state index contributed by atoms with van der Waals surface area (Å²) < 4.78 is 4.86. The average Bonchev–Trinajstić information content (AvgIpc) is 3.27. The van der Waals surface area contributed by atoms with Crippen molar-refractivity contribution in [2.75, 3.05) is 11.9 Å². The molecule has 1 aliphatic carbocycles. The van der Waals surface area contributed by atoms with Crippen molar-refractivity contribution in [1.29, 1.82) is 0 Å². The highest BCUT2D eigenvalue weighted by Crippen LogP contribution is 2.39. The summed E-state index contributed by atoms with van der Waals surface area (Å²) in [7, 11) is 0. The highest BCUT2D eigenvalue weighted by atomic mass is 32.1. The van der Waals surface area contributed by atoms with Crippen LogP contribution in [0.15, 0.2) is 24.4 Å². The summed E-state index contributed by atoms with van der Waals surface area (Å²) in [5.41, 5.74) is 1.60. The lowest BCUT2D eigenvalue weighted by Crippen LogP contribution is -2.14. The zero-order valence-corrected chi connectivity index (χ0v) is 16.5. The molecule has 0 radical (unpaired) electrons. The predicted molar refractivity (Wildman–Crippen MR) is 117 cm³/mol. The van der Waals surface area contributed by atoms with E-state index in [0.29, 0.717) is 38.7 Å². The number of aliphatic hydroxyl groups is 1. The molecule has 0 spiro atoms. The van der Waals surface area contributed by atoms with E-state index in [-0.39, 0.29) is 12.3 Å². The Labute approximate surface area is 177 Å². The minimum atomic E-state index is -1.33. The Morgan fingerprint density at radius 2 is 2.38 bits per heavy atom. The van der Waals surface area contributed by atoms with Crippen molar-refractivity contribution >= 4 is 28.9 Å². The number of carbonyl (C=O) groups is 1. The van der Waals surface area contributed by atoms with Crippen molar-refractivity contribution in [3.05, 3.63) is 40.5 Å². The fourth-order valence-corrected chi connectivity index (χ4v) is 3.71. The van der Waals surface area contributed by atoms with Gasteiger partial charge in [0, 0.05) is 34.5 Å². The number of H-pyrrole nitrogens is 1. The lowest BCUT2D eigenvalue weighted by atomic mass is 10.3. The number of aromatic nitrogens is 4. The van der Waals surface area contributed by atoms with E-state index < -0.39 is 12.1 Å². The molecule has 29 heavy (non-hydrogen) atoms. The number of nitrogens with zero attached hydrogens (tertiary/aromatic N) is 3. The maximum Gasteiger partial charge on any atom is 0.340 e. The third kappa shape index (κ3) is 4.13. The molecule has 0 saturated heterocycles. The Hall–Kier alpha value is -3.22. The highest BCUT2D eigenvalue weighted by molar-refractivity contribution is 7.15. The molecule has 3 N–H and O–H groups in total. The SMILES string of the molecule is C#Cc1cnc(-c2ccc(C(O)C(=O)OCC)s2)nc1Nc1cc(C2CC2)[nH]n1.[HH].[HH].[HH].[HH]. The summed E-state index contributed by atoms with van der Waals surface area (Å²) in [6.07, 6.45) is 8.15. The number of carbonyl (C=O) groups excluding carboxylic acids is 1. The zero-order valence-electron chi connectivity index (χ0n) is 15.7. The molecule has 3 aromatic heterocycles. The number of anilines is 2. The van der Waals surface area contributed by atoms with Gasteiger partial charge in [-0.25, -0.2) is 14.8 Å². The fraction of sp³-hybridized carbons (Fsp3) is 0.300. The summed E-state index contributed by atoms with van der Waals surface area (Å²) >= 11 is 1.22. The van der Waals surface area contributed by atoms with Gasteiger partial charge in [-0.05, 0) is 31.9 Å². The van der Waals surface area contributed by atoms with Crippen LogP contribution in [-0.2, 0) is 9.53 Å². The van der Waals surface area contributed by atoms with Gasteiger partial charge < -0.3 is 15.2 Å². The summed E-state index contributed by atoms with van der Waals surface area (Å²) in [5, 5.41) is 20.6. The molecule has 3 heterocycles. The Kier molecular flexibility index (Phi) is 5.29. The molecule has 8 nitrogen and oxygen atoms in total. The molecule has 1 fully saturated rings. The van der Waals surface area contributed by atoms with Gasteiger partial charge in [0.05, 0.1) is 17.0 Å². The first-order valence-corrected chi connectivity index (χ1v) is 10.0. The Morgan fingerprint density at radius 1 is 1.55 bits per heavy atom. The maximum atomic E-state index is 11.7. The molecular weight excluding hydrogens is 390 g/mol. The van der Waals surface area contributed by atoms with Crippen molar-refractivity contribution in [2.24, 2.45) is 0 Å². The molecule has 3 aromatic rings. The highest BCUT2D eigenvalue weighted by Gasteiger charge is 2.26. The molecule has 0 amide bonds. The standard InChI is InChI=1S/C20H19N5O3S.4H2/c1-3-11-10-21-19(15-8-7-14(29-15)17(26)20(27)28-4-2)23-18(11)22-16-9-13(24-25-16)12-5-6-12;;;;/h1,7-10,12,17,26H,4-6H2,2H3,(H2,21,22,23,24,25);4*1H. The molecule has 0 aliphatic heterocycles. The van der Waals surface area contributed by atoms with Gasteiger partial charge in [-0.3, -0.25) is 5.10 Å². The molecule has 1 unspecified atom stereocenters. The second-order valence-corrected chi connectivity index (χ2v) is 7.68. The first-order chi connectivity index (χ1) is 14.1. The summed E-state index contributed by atoms with van der Waals surface area (Å²) in [4.78, 5) is 21.7. The monoisotopic (exact) mass is 417 g/mol. The molecule has 9 heteroatoms. The number of hydrogen-bond donors (Lipinski definition) is 3. The van der Waals surface area contributed by atoms with Crippen molar-refractivity contribution in [3.63, 3.8) is 0 Å². The molecule has 1 saturated carbocycles. The lowest BCUT2D eigenvalue weighted by molar-refractivity contribution is -0.153. The zero-order chi connectivity index (χ0) is 20.4. The van der Waals surface area contributed by atoms with E-state index >= 15 is 0 Å². The fourth-order valence-electron chi connectivity index (χ4n) is 2.78. The van der Waals surface area contributed by atoms with Crippen LogP contribution in [0.5, 0.6) is 0 Å². The number of ether oxygens (including phenoxy) is 1. The summed E-state index contributed by atoms with van der Waals surface area (Å²) in [6.45, 7) is 1.89.